The number of esters is 1. The molecule has 3 aromatic rings. The van der Waals surface area contributed by atoms with E-state index in [-0.39, 0.29) is 18.3 Å². The summed E-state index contributed by atoms with van der Waals surface area (Å²) in [5.41, 5.74) is 1.21. The summed E-state index contributed by atoms with van der Waals surface area (Å²) in [5, 5.41) is 12.4. The quantitative estimate of drug-likeness (QED) is 0.406. The van der Waals surface area contributed by atoms with Crippen LogP contribution in [0.1, 0.15) is 39.2 Å². The zero-order valence-corrected chi connectivity index (χ0v) is 15.2. The van der Waals surface area contributed by atoms with Gasteiger partial charge in [0.25, 0.3) is 0 Å². The number of hydrogen-bond donors (Lipinski definition) is 1. The smallest absolute Gasteiger partial charge is 0.311 e. The maximum atomic E-state index is 12.1. The highest BCUT2D eigenvalue weighted by Gasteiger charge is 2.17. The monoisotopic (exact) mass is 350 g/mol. The molecule has 0 aliphatic heterocycles. The molecule has 0 bridgehead atoms. The van der Waals surface area contributed by atoms with Crippen molar-refractivity contribution in [3.05, 3.63) is 54.1 Å². The number of carboxylic acids is 1. The molecule has 0 aliphatic carbocycles. The third-order valence-electron chi connectivity index (χ3n) is 4.44. The number of benzene rings is 3. The van der Waals surface area contributed by atoms with Crippen LogP contribution in [0.15, 0.2) is 48.5 Å². The standard InChI is InChI=1S/C22H22O4/c1-22(2,3)16-8-9-18-15(13-16)12-14-6-4-5-7-17(14)21(18)26-20(25)11-10-19(23)24/h4-9,12-13H,10-11H2,1-3H3,(H,23,24). The van der Waals surface area contributed by atoms with Crippen LogP contribution in [0, 0.1) is 0 Å². The van der Waals surface area contributed by atoms with Gasteiger partial charge in [0.1, 0.15) is 5.75 Å². The molecule has 26 heavy (non-hydrogen) atoms. The summed E-state index contributed by atoms with van der Waals surface area (Å²) in [4.78, 5) is 22.8. The average Bonchev–Trinajstić information content (AvgIpc) is 2.58. The van der Waals surface area contributed by atoms with Gasteiger partial charge < -0.3 is 9.84 Å². The van der Waals surface area contributed by atoms with Gasteiger partial charge in [-0.2, -0.15) is 0 Å². The summed E-state index contributed by atoms with van der Waals surface area (Å²) in [6.45, 7) is 6.46. The van der Waals surface area contributed by atoms with E-state index in [1.54, 1.807) is 0 Å². The SMILES string of the molecule is CC(C)(C)c1ccc2c(OC(=O)CCC(=O)O)c3ccccc3cc2c1. The van der Waals surface area contributed by atoms with Crippen LogP contribution < -0.4 is 4.74 Å². The summed E-state index contributed by atoms with van der Waals surface area (Å²) in [7, 11) is 0. The lowest BCUT2D eigenvalue weighted by Gasteiger charge is -2.20. The van der Waals surface area contributed by atoms with Gasteiger partial charge in [0.05, 0.1) is 12.8 Å². The van der Waals surface area contributed by atoms with Gasteiger partial charge in [0.15, 0.2) is 0 Å². The van der Waals surface area contributed by atoms with Crippen molar-refractivity contribution < 1.29 is 19.4 Å². The van der Waals surface area contributed by atoms with Gasteiger partial charge in [0.2, 0.25) is 0 Å². The number of rotatable bonds is 4. The number of carbonyl (C=O) groups excluding carboxylic acids is 1. The molecule has 4 heteroatoms. The summed E-state index contributed by atoms with van der Waals surface area (Å²) >= 11 is 0. The van der Waals surface area contributed by atoms with Crippen LogP contribution in [0.25, 0.3) is 21.5 Å². The Morgan fingerprint density at radius 2 is 1.62 bits per heavy atom. The lowest BCUT2D eigenvalue weighted by molar-refractivity contribution is -0.142. The van der Waals surface area contributed by atoms with Crippen LogP contribution in [-0.2, 0) is 15.0 Å². The van der Waals surface area contributed by atoms with E-state index >= 15 is 0 Å². The summed E-state index contributed by atoms with van der Waals surface area (Å²) in [6, 6.07) is 16.0. The largest absolute Gasteiger partial charge is 0.481 e. The Morgan fingerprint density at radius 1 is 0.923 bits per heavy atom. The molecule has 0 amide bonds. The number of carbonyl (C=O) groups is 2. The van der Waals surface area contributed by atoms with E-state index in [9.17, 15) is 9.59 Å². The van der Waals surface area contributed by atoms with Crippen LogP contribution in [0.5, 0.6) is 5.75 Å². The molecule has 3 rings (SSSR count). The zero-order chi connectivity index (χ0) is 18.9. The molecule has 134 valence electrons. The normalized spacial score (nSPS) is 11.7. The first-order valence-corrected chi connectivity index (χ1v) is 8.64. The minimum absolute atomic E-state index is 0.0121. The highest BCUT2D eigenvalue weighted by Crippen LogP contribution is 2.37. The second-order valence-electron chi connectivity index (χ2n) is 7.48. The van der Waals surface area contributed by atoms with Crippen molar-refractivity contribution in [2.24, 2.45) is 0 Å². The molecule has 0 atom stereocenters. The van der Waals surface area contributed by atoms with Crippen molar-refractivity contribution in [2.75, 3.05) is 0 Å². The molecule has 0 unspecified atom stereocenters. The second kappa shape index (κ2) is 6.79. The van der Waals surface area contributed by atoms with Crippen molar-refractivity contribution in [2.45, 2.75) is 39.0 Å². The van der Waals surface area contributed by atoms with E-state index in [4.69, 9.17) is 9.84 Å². The predicted octanol–water partition coefficient (Wildman–Crippen LogP) is 5.06. The van der Waals surface area contributed by atoms with Gasteiger partial charge in [-0.1, -0.05) is 63.2 Å². The third kappa shape index (κ3) is 3.69. The molecule has 4 nitrogen and oxygen atoms in total. The Hall–Kier alpha value is -2.88. The molecule has 3 aromatic carbocycles. The molecular formula is C22H22O4. The summed E-state index contributed by atoms with van der Waals surface area (Å²) < 4.78 is 5.61. The fourth-order valence-electron chi connectivity index (χ4n) is 2.98. The number of ether oxygens (including phenoxy) is 1. The lowest BCUT2D eigenvalue weighted by atomic mass is 9.85. The first kappa shape index (κ1) is 17.9. The van der Waals surface area contributed by atoms with E-state index in [2.05, 4.69) is 32.9 Å². The van der Waals surface area contributed by atoms with Crippen LogP contribution in [0.4, 0.5) is 0 Å². The van der Waals surface area contributed by atoms with E-state index in [1.807, 2.05) is 36.4 Å². The van der Waals surface area contributed by atoms with Gasteiger partial charge in [-0.05, 0) is 27.8 Å². The molecule has 0 spiro atoms. The fraction of sp³-hybridized carbons (Fsp3) is 0.273. The maximum absolute atomic E-state index is 12.1. The predicted molar refractivity (Wildman–Crippen MR) is 103 cm³/mol. The Balaban J connectivity index is 2.14. The van der Waals surface area contributed by atoms with Gasteiger partial charge in [-0.3, -0.25) is 9.59 Å². The topological polar surface area (TPSA) is 63.6 Å². The van der Waals surface area contributed by atoms with Crippen molar-refractivity contribution in [1.29, 1.82) is 0 Å². The van der Waals surface area contributed by atoms with E-state index < -0.39 is 11.9 Å². The Morgan fingerprint density at radius 3 is 2.31 bits per heavy atom. The summed E-state index contributed by atoms with van der Waals surface area (Å²) in [5.74, 6) is -1.06. The highest BCUT2D eigenvalue weighted by molar-refractivity contribution is 6.06. The van der Waals surface area contributed by atoms with E-state index in [0.717, 1.165) is 21.5 Å². The molecule has 0 aliphatic rings. The van der Waals surface area contributed by atoms with Gasteiger partial charge in [-0.15, -0.1) is 0 Å². The fourth-order valence-corrected chi connectivity index (χ4v) is 2.98. The van der Waals surface area contributed by atoms with Crippen molar-refractivity contribution in [3.63, 3.8) is 0 Å². The second-order valence-corrected chi connectivity index (χ2v) is 7.48. The Labute approximate surface area is 152 Å². The Kier molecular flexibility index (Phi) is 4.68. The van der Waals surface area contributed by atoms with Gasteiger partial charge in [-0.25, -0.2) is 0 Å². The number of fused-ring (bicyclic) bond motifs is 2. The minimum atomic E-state index is -1.01. The minimum Gasteiger partial charge on any atom is -0.481 e. The van der Waals surface area contributed by atoms with Crippen molar-refractivity contribution in [3.8, 4) is 5.75 Å². The molecule has 0 radical (unpaired) electrons. The number of aliphatic carboxylic acids is 1. The molecule has 0 heterocycles. The van der Waals surface area contributed by atoms with Crippen molar-refractivity contribution >= 4 is 33.5 Å². The van der Waals surface area contributed by atoms with Crippen LogP contribution >= 0.6 is 0 Å². The Bertz CT molecular complexity index is 996. The first-order chi connectivity index (χ1) is 12.3. The lowest BCUT2D eigenvalue weighted by Crippen LogP contribution is -2.12. The third-order valence-corrected chi connectivity index (χ3v) is 4.44. The molecule has 0 saturated heterocycles. The molecule has 0 aromatic heterocycles. The molecule has 0 fully saturated rings. The van der Waals surface area contributed by atoms with Gasteiger partial charge in [0, 0.05) is 10.8 Å². The van der Waals surface area contributed by atoms with Crippen LogP contribution in [-0.4, -0.2) is 17.0 Å². The van der Waals surface area contributed by atoms with E-state index in [0.29, 0.717) is 5.75 Å². The van der Waals surface area contributed by atoms with Gasteiger partial charge >= 0.3 is 11.9 Å². The molecule has 0 saturated carbocycles. The summed E-state index contributed by atoms with van der Waals surface area (Å²) in [6.07, 6.45) is -0.393. The molecule has 1 N–H and O–H groups in total. The van der Waals surface area contributed by atoms with Crippen LogP contribution in [0.2, 0.25) is 0 Å². The molecular weight excluding hydrogens is 328 g/mol. The van der Waals surface area contributed by atoms with E-state index in [1.165, 1.54) is 5.56 Å². The average molecular weight is 350 g/mol. The first-order valence-electron chi connectivity index (χ1n) is 8.64. The number of carboxylic acid groups (broad SMARTS) is 1. The van der Waals surface area contributed by atoms with Crippen LogP contribution in [0.3, 0.4) is 0 Å². The number of hydrogen-bond acceptors (Lipinski definition) is 3. The van der Waals surface area contributed by atoms with Crippen molar-refractivity contribution in [1.82, 2.24) is 0 Å². The zero-order valence-electron chi connectivity index (χ0n) is 15.2. The highest BCUT2D eigenvalue weighted by atomic mass is 16.5. The maximum Gasteiger partial charge on any atom is 0.311 e.